The highest BCUT2D eigenvalue weighted by molar-refractivity contribution is 5.74. The predicted molar refractivity (Wildman–Crippen MR) is 92.9 cm³/mol. The molecule has 0 aliphatic rings. The first-order chi connectivity index (χ1) is 11.8. The van der Waals surface area contributed by atoms with E-state index in [-0.39, 0.29) is 5.75 Å². The predicted octanol–water partition coefficient (Wildman–Crippen LogP) is 5.12. The van der Waals surface area contributed by atoms with Crippen molar-refractivity contribution in [1.29, 1.82) is 0 Å². The van der Waals surface area contributed by atoms with Crippen LogP contribution in [0.2, 0.25) is 0 Å². The molecule has 0 bridgehead atoms. The second-order valence-corrected chi connectivity index (χ2v) is 5.27. The van der Waals surface area contributed by atoms with Crippen molar-refractivity contribution in [1.82, 2.24) is 9.38 Å². The number of hydrogen-bond acceptors (Lipinski definition) is 4. The fourth-order valence-electron chi connectivity index (χ4n) is 2.52. The molecule has 0 atom stereocenters. The first-order valence-corrected chi connectivity index (χ1v) is 7.55. The standard InChI is InChI=1S/C19H14N4O/c24-16-11-5-4-10-15(16)21-22-19-18(14-8-2-1-3-9-14)20-17-12-6-7-13-23(17)19/h1-13,24H. The summed E-state index contributed by atoms with van der Waals surface area (Å²) in [5, 5.41) is 18.4. The maximum Gasteiger partial charge on any atom is 0.187 e. The van der Waals surface area contributed by atoms with E-state index in [1.54, 1.807) is 24.3 Å². The molecule has 0 radical (unpaired) electrons. The van der Waals surface area contributed by atoms with Gasteiger partial charge in [0.25, 0.3) is 0 Å². The molecule has 2 aromatic heterocycles. The lowest BCUT2D eigenvalue weighted by molar-refractivity contribution is 0.476. The molecule has 0 aliphatic heterocycles. The highest BCUT2D eigenvalue weighted by Gasteiger charge is 2.13. The molecular formula is C19H14N4O. The van der Waals surface area contributed by atoms with Gasteiger partial charge in [0.05, 0.1) is 0 Å². The van der Waals surface area contributed by atoms with Crippen LogP contribution in [0, 0.1) is 0 Å². The summed E-state index contributed by atoms with van der Waals surface area (Å²) in [6.45, 7) is 0. The molecule has 0 unspecified atom stereocenters. The molecule has 24 heavy (non-hydrogen) atoms. The lowest BCUT2D eigenvalue weighted by Gasteiger charge is -2.00. The molecule has 0 spiro atoms. The zero-order valence-corrected chi connectivity index (χ0v) is 12.7. The second-order valence-electron chi connectivity index (χ2n) is 5.27. The van der Waals surface area contributed by atoms with Crippen LogP contribution in [0.4, 0.5) is 11.5 Å². The summed E-state index contributed by atoms with van der Waals surface area (Å²) in [4.78, 5) is 4.66. The molecule has 2 aromatic carbocycles. The molecule has 5 nitrogen and oxygen atoms in total. The summed E-state index contributed by atoms with van der Waals surface area (Å²) in [6.07, 6.45) is 1.90. The zero-order chi connectivity index (χ0) is 16.4. The van der Waals surface area contributed by atoms with E-state index < -0.39 is 0 Å². The zero-order valence-electron chi connectivity index (χ0n) is 12.7. The van der Waals surface area contributed by atoms with Crippen LogP contribution in [-0.4, -0.2) is 14.5 Å². The topological polar surface area (TPSA) is 62.2 Å². The summed E-state index contributed by atoms with van der Waals surface area (Å²) in [7, 11) is 0. The number of aromatic hydroxyl groups is 1. The van der Waals surface area contributed by atoms with Gasteiger partial charge in [-0.25, -0.2) is 4.98 Å². The SMILES string of the molecule is Oc1ccccc1N=Nc1c(-c2ccccc2)nc2ccccn12. The highest BCUT2D eigenvalue weighted by atomic mass is 16.3. The van der Waals surface area contributed by atoms with Gasteiger partial charge in [0.1, 0.15) is 22.8 Å². The summed E-state index contributed by atoms with van der Waals surface area (Å²) in [5.74, 6) is 0.719. The Morgan fingerprint density at radius 3 is 2.38 bits per heavy atom. The van der Waals surface area contributed by atoms with E-state index in [2.05, 4.69) is 15.2 Å². The van der Waals surface area contributed by atoms with E-state index in [1.165, 1.54) is 0 Å². The summed E-state index contributed by atoms with van der Waals surface area (Å²) >= 11 is 0. The van der Waals surface area contributed by atoms with Crippen molar-refractivity contribution in [3.63, 3.8) is 0 Å². The van der Waals surface area contributed by atoms with Crippen molar-refractivity contribution < 1.29 is 5.11 Å². The van der Waals surface area contributed by atoms with Crippen molar-refractivity contribution in [2.45, 2.75) is 0 Å². The molecular weight excluding hydrogens is 300 g/mol. The smallest absolute Gasteiger partial charge is 0.187 e. The lowest BCUT2D eigenvalue weighted by Crippen LogP contribution is -1.81. The van der Waals surface area contributed by atoms with E-state index >= 15 is 0 Å². The van der Waals surface area contributed by atoms with Crippen LogP contribution in [0.5, 0.6) is 5.75 Å². The van der Waals surface area contributed by atoms with Gasteiger partial charge in [0, 0.05) is 11.8 Å². The molecule has 0 fully saturated rings. The first-order valence-electron chi connectivity index (χ1n) is 7.55. The Balaban J connectivity index is 1.89. The van der Waals surface area contributed by atoms with Crippen molar-refractivity contribution in [2.24, 2.45) is 10.2 Å². The monoisotopic (exact) mass is 314 g/mol. The van der Waals surface area contributed by atoms with Crippen LogP contribution in [-0.2, 0) is 0 Å². The van der Waals surface area contributed by atoms with Crippen LogP contribution in [0.3, 0.4) is 0 Å². The number of phenolic OH excluding ortho intramolecular Hbond substituents is 1. The lowest BCUT2D eigenvalue weighted by atomic mass is 10.1. The van der Waals surface area contributed by atoms with Crippen molar-refractivity contribution in [3.05, 3.63) is 79.0 Å². The van der Waals surface area contributed by atoms with Gasteiger partial charge >= 0.3 is 0 Å². The summed E-state index contributed by atoms with van der Waals surface area (Å²) in [5.41, 5.74) is 2.93. The Hall–Kier alpha value is -3.47. The minimum absolute atomic E-state index is 0.0938. The highest BCUT2D eigenvalue weighted by Crippen LogP contribution is 2.33. The molecule has 0 amide bonds. The molecule has 1 N–H and O–H groups in total. The molecule has 0 aliphatic carbocycles. The Kier molecular flexibility index (Phi) is 3.51. The number of pyridine rings is 1. The maximum absolute atomic E-state index is 9.86. The summed E-state index contributed by atoms with van der Waals surface area (Å²) < 4.78 is 1.88. The normalized spacial score (nSPS) is 11.3. The van der Waals surface area contributed by atoms with Gasteiger partial charge in [-0.15, -0.1) is 10.2 Å². The number of aromatic nitrogens is 2. The van der Waals surface area contributed by atoms with Crippen molar-refractivity contribution in [3.8, 4) is 17.0 Å². The fraction of sp³-hybridized carbons (Fsp3) is 0. The number of phenols is 1. The molecule has 4 rings (SSSR count). The fourth-order valence-corrected chi connectivity index (χ4v) is 2.52. The van der Waals surface area contributed by atoms with Crippen LogP contribution in [0.15, 0.2) is 89.2 Å². The van der Waals surface area contributed by atoms with Gasteiger partial charge in [0.15, 0.2) is 5.82 Å². The maximum atomic E-state index is 9.86. The number of para-hydroxylation sites is 1. The van der Waals surface area contributed by atoms with E-state index in [0.717, 1.165) is 16.9 Å². The average Bonchev–Trinajstić information content (AvgIpc) is 3.00. The van der Waals surface area contributed by atoms with Gasteiger partial charge in [-0.2, -0.15) is 0 Å². The van der Waals surface area contributed by atoms with E-state index in [4.69, 9.17) is 0 Å². The minimum atomic E-state index is 0.0938. The van der Waals surface area contributed by atoms with Gasteiger partial charge < -0.3 is 5.11 Å². The Morgan fingerprint density at radius 1 is 0.792 bits per heavy atom. The van der Waals surface area contributed by atoms with Gasteiger partial charge in [-0.05, 0) is 24.3 Å². The van der Waals surface area contributed by atoms with Crippen molar-refractivity contribution in [2.75, 3.05) is 0 Å². The van der Waals surface area contributed by atoms with E-state index in [0.29, 0.717) is 11.5 Å². The van der Waals surface area contributed by atoms with E-state index in [9.17, 15) is 5.11 Å². The first kappa shape index (κ1) is 14.1. The molecule has 116 valence electrons. The van der Waals surface area contributed by atoms with Crippen LogP contribution in [0.1, 0.15) is 0 Å². The number of azo groups is 1. The van der Waals surface area contributed by atoms with Crippen molar-refractivity contribution >= 4 is 17.2 Å². The third kappa shape index (κ3) is 2.52. The molecule has 0 saturated carbocycles. The third-order valence-corrected chi connectivity index (χ3v) is 3.69. The molecule has 4 aromatic rings. The largest absolute Gasteiger partial charge is 0.506 e. The third-order valence-electron chi connectivity index (χ3n) is 3.69. The van der Waals surface area contributed by atoms with E-state index in [1.807, 2.05) is 59.1 Å². The second kappa shape index (κ2) is 5.96. The number of benzene rings is 2. The summed E-state index contributed by atoms with van der Waals surface area (Å²) in [6, 6.07) is 22.5. The Labute approximate surface area is 138 Å². The number of imidazole rings is 1. The number of rotatable bonds is 3. The minimum Gasteiger partial charge on any atom is -0.506 e. The molecule has 0 saturated heterocycles. The van der Waals surface area contributed by atoms with Gasteiger partial charge in [0.2, 0.25) is 0 Å². The number of nitrogens with zero attached hydrogens (tertiary/aromatic N) is 4. The number of hydrogen-bond donors (Lipinski definition) is 1. The Morgan fingerprint density at radius 2 is 1.54 bits per heavy atom. The quantitative estimate of drug-likeness (QED) is 0.533. The van der Waals surface area contributed by atoms with Gasteiger partial charge in [-0.1, -0.05) is 48.5 Å². The number of fused-ring (bicyclic) bond motifs is 1. The van der Waals surface area contributed by atoms with Crippen LogP contribution in [0.25, 0.3) is 16.9 Å². The molecule has 2 heterocycles. The Bertz CT molecular complexity index is 1020. The van der Waals surface area contributed by atoms with Crippen LogP contribution < -0.4 is 0 Å². The molecule has 5 heteroatoms. The average molecular weight is 314 g/mol. The van der Waals surface area contributed by atoms with Crippen LogP contribution >= 0.6 is 0 Å². The van der Waals surface area contributed by atoms with Gasteiger partial charge in [-0.3, -0.25) is 4.40 Å².